The van der Waals surface area contributed by atoms with Gasteiger partial charge in [0.1, 0.15) is 6.04 Å². The minimum absolute atomic E-state index is 0. The molecule has 0 aliphatic carbocycles. The number of nitrogens with zero attached hydrogens (tertiary/aromatic N) is 3. The van der Waals surface area contributed by atoms with E-state index in [1.165, 1.54) is 18.9 Å². The number of hydrogen-bond acceptors (Lipinski definition) is 4. The van der Waals surface area contributed by atoms with E-state index in [1.807, 2.05) is 11.8 Å². The molecule has 0 amide bonds. The highest BCUT2D eigenvalue weighted by molar-refractivity contribution is 14.0. The summed E-state index contributed by atoms with van der Waals surface area (Å²) in [5.74, 6) is 0.282. The van der Waals surface area contributed by atoms with E-state index in [9.17, 15) is 18.0 Å². The number of hydrogen-bond donors (Lipinski definition) is 1. The molecule has 0 spiro atoms. The minimum atomic E-state index is -4.21. The highest BCUT2D eigenvalue weighted by Crippen LogP contribution is 2.25. The number of nitrogens with one attached hydrogen (secondary N) is 1. The van der Waals surface area contributed by atoms with E-state index in [0.717, 1.165) is 0 Å². The topological polar surface area (TPSA) is 57.2 Å². The summed E-state index contributed by atoms with van der Waals surface area (Å²) in [6.45, 7) is 5.60. The summed E-state index contributed by atoms with van der Waals surface area (Å²) in [6, 6.07) is -1.44. The van der Waals surface area contributed by atoms with E-state index in [4.69, 9.17) is 0 Å². The van der Waals surface area contributed by atoms with Crippen LogP contribution in [0.3, 0.4) is 0 Å². The number of alkyl halides is 3. The highest BCUT2D eigenvalue weighted by Gasteiger charge is 2.41. The van der Waals surface area contributed by atoms with Crippen molar-refractivity contribution in [1.82, 2.24) is 15.1 Å². The van der Waals surface area contributed by atoms with E-state index in [-0.39, 0.29) is 42.9 Å². The van der Waals surface area contributed by atoms with E-state index in [2.05, 4.69) is 15.0 Å². The van der Waals surface area contributed by atoms with Gasteiger partial charge in [-0.15, -0.1) is 24.0 Å². The van der Waals surface area contributed by atoms with Gasteiger partial charge in [0, 0.05) is 32.7 Å². The van der Waals surface area contributed by atoms with Gasteiger partial charge in [0.05, 0.1) is 20.1 Å². The second kappa shape index (κ2) is 11.0. The SMILES string of the molecule is CCNC(=NCCC(=O)OC)N1CCN(C(C)C(F)(F)F)CC1.I. The van der Waals surface area contributed by atoms with Crippen LogP contribution in [0.1, 0.15) is 20.3 Å². The van der Waals surface area contributed by atoms with E-state index < -0.39 is 12.2 Å². The van der Waals surface area contributed by atoms with Gasteiger partial charge >= 0.3 is 12.1 Å². The molecule has 24 heavy (non-hydrogen) atoms. The molecule has 1 rings (SSSR count). The van der Waals surface area contributed by atoms with Gasteiger partial charge in [0.2, 0.25) is 0 Å². The van der Waals surface area contributed by atoms with Crippen LogP contribution in [0.15, 0.2) is 4.99 Å². The minimum Gasteiger partial charge on any atom is -0.469 e. The average molecular weight is 466 g/mol. The lowest BCUT2D eigenvalue weighted by atomic mass is 10.2. The Morgan fingerprint density at radius 3 is 2.33 bits per heavy atom. The number of carbonyl (C=O) groups excluding carboxylic acids is 1. The number of ether oxygens (including phenoxy) is 1. The van der Waals surface area contributed by atoms with Crippen molar-refractivity contribution in [3.63, 3.8) is 0 Å². The van der Waals surface area contributed by atoms with Crippen LogP contribution in [0.4, 0.5) is 13.2 Å². The third-order valence-electron chi connectivity index (χ3n) is 3.78. The van der Waals surface area contributed by atoms with Gasteiger partial charge in [-0.25, -0.2) is 0 Å². The Morgan fingerprint density at radius 1 is 1.29 bits per heavy atom. The van der Waals surface area contributed by atoms with Crippen molar-refractivity contribution < 1.29 is 22.7 Å². The average Bonchev–Trinajstić information content (AvgIpc) is 2.52. The van der Waals surface area contributed by atoms with Gasteiger partial charge in [-0.2, -0.15) is 13.2 Å². The Bertz CT molecular complexity index is 413. The fourth-order valence-electron chi connectivity index (χ4n) is 2.31. The van der Waals surface area contributed by atoms with Crippen LogP contribution in [-0.4, -0.2) is 80.3 Å². The van der Waals surface area contributed by atoms with Crippen LogP contribution in [0.5, 0.6) is 0 Å². The van der Waals surface area contributed by atoms with Crippen molar-refractivity contribution in [2.75, 3.05) is 46.4 Å². The second-order valence-corrected chi connectivity index (χ2v) is 5.30. The molecule has 0 aromatic heterocycles. The smallest absolute Gasteiger partial charge is 0.403 e. The monoisotopic (exact) mass is 466 g/mol. The predicted octanol–water partition coefficient (Wildman–Crippen LogP) is 1.70. The van der Waals surface area contributed by atoms with E-state index in [1.54, 1.807) is 0 Å². The van der Waals surface area contributed by atoms with Crippen molar-refractivity contribution in [2.45, 2.75) is 32.5 Å². The third kappa shape index (κ3) is 7.41. The Labute approximate surface area is 157 Å². The van der Waals surface area contributed by atoms with Crippen molar-refractivity contribution in [3.8, 4) is 0 Å². The lowest BCUT2D eigenvalue weighted by Gasteiger charge is -2.39. The molecular weight excluding hydrogens is 440 g/mol. The number of esters is 1. The van der Waals surface area contributed by atoms with Crippen LogP contribution in [0.2, 0.25) is 0 Å². The zero-order valence-electron chi connectivity index (χ0n) is 14.2. The first-order valence-corrected chi connectivity index (χ1v) is 7.70. The van der Waals surface area contributed by atoms with Gasteiger partial charge in [0.25, 0.3) is 0 Å². The largest absolute Gasteiger partial charge is 0.469 e. The molecule has 0 aromatic carbocycles. The third-order valence-corrected chi connectivity index (χ3v) is 3.78. The fraction of sp³-hybridized carbons (Fsp3) is 0.857. The molecule has 0 saturated carbocycles. The van der Waals surface area contributed by atoms with Crippen molar-refractivity contribution >= 4 is 35.9 Å². The molecule has 6 nitrogen and oxygen atoms in total. The van der Waals surface area contributed by atoms with Crippen LogP contribution >= 0.6 is 24.0 Å². The number of aliphatic imine (C=N–C) groups is 1. The van der Waals surface area contributed by atoms with E-state index >= 15 is 0 Å². The van der Waals surface area contributed by atoms with Crippen molar-refractivity contribution in [3.05, 3.63) is 0 Å². The Morgan fingerprint density at radius 2 is 1.88 bits per heavy atom. The maximum absolute atomic E-state index is 12.8. The molecule has 10 heteroatoms. The van der Waals surface area contributed by atoms with Crippen LogP contribution < -0.4 is 5.32 Å². The molecular formula is C14H26F3IN4O2. The van der Waals surface area contributed by atoms with Crippen molar-refractivity contribution in [2.24, 2.45) is 4.99 Å². The number of halogens is 4. The number of rotatable bonds is 5. The summed E-state index contributed by atoms with van der Waals surface area (Å²) in [4.78, 5) is 18.8. The summed E-state index contributed by atoms with van der Waals surface area (Å²) in [7, 11) is 1.32. The first-order chi connectivity index (χ1) is 10.8. The van der Waals surface area contributed by atoms with Crippen LogP contribution in [0.25, 0.3) is 0 Å². The summed E-state index contributed by atoms with van der Waals surface area (Å²) in [5.41, 5.74) is 0. The molecule has 142 valence electrons. The lowest BCUT2D eigenvalue weighted by molar-refractivity contribution is -0.181. The summed E-state index contributed by atoms with van der Waals surface area (Å²) >= 11 is 0. The molecule has 1 atom stereocenters. The standard InChI is InChI=1S/C14H25F3N4O2.HI/c1-4-18-13(19-6-5-12(22)23-3)21-9-7-20(8-10-21)11(2)14(15,16)17;/h11H,4-10H2,1-3H3,(H,18,19);1H. The van der Waals surface area contributed by atoms with Crippen LogP contribution in [-0.2, 0) is 9.53 Å². The zero-order chi connectivity index (χ0) is 17.5. The Balaban J connectivity index is 0.00000529. The van der Waals surface area contributed by atoms with Crippen LogP contribution in [0, 0.1) is 0 Å². The molecule has 1 aliphatic rings. The van der Waals surface area contributed by atoms with Gasteiger partial charge in [-0.1, -0.05) is 0 Å². The molecule has 0 bridgehead atoms. The van der Waals surface area contributed by atoms with Crippen molar-refractivity contribution in [1.29, 1.82) is 0 Å². The van der Waals surface area contributed by atoms with Gasteiger partial charge in [-0.05, 0) is 13.8 Å². The number of methoxy groups -OCH3 is 1. The molecule has 0 radical (unpaired) electrons. The molecule has 0 aromatic rings. The first-order valence-electron chi connectivity index (χ1n) is 7.70. The molecule has 1 saturated heterocycles. The lowest BCUT2D eigenvalue weighted by Crippen LogP contribution is -2.56. The zero-order valence-corrected chi connectivity index (χ0v) is 16.6. The molecule has 1 fully saturated rings. The summed E-state index contributed by atoms with van der Waals surface area (Å²) < 4.78 is 42.8. The summed E-state index contributed by atoms with van der Waals surface area (Å²) in [6.07, 6.45) is -4.03. The Kier molecular flexibility index (Phi) is 10.6. The summed E-state index contributed by atoms with van der Waals surface area (Å²) in [5, 5.41) is 3.10. The number of piperazine rings is 1. The predicted molar refractivity (Wildman–Crippen MR) is 96.7 cm³/mol. The maximum atomic E-state index is 12.8. The number of guanidine groups is 1. The first kappa shape index (κ1) is 23.2. The van der Waals surface area contributed by atoms with Gasteiger partial charge < -0.3 is 15.0 Å². The normalized spacial score (nSPS) is 17.9. The fourth-order valence-corrected chi connectivity index (χ4v) is 2.31. The highest BCUT2D eigenvalue weighted by atomic mass is 127. The molecule has 1 aliphatic heterocycles. The molecule has 1 unspecified atom stereocenters. The van der Waals surface area contributed by atoms with Gasteiger partial charge in [0.15, 0.2) is 5.96 Å². The number of carbonyl (C=O) groups is 1. The quantitative estimate of drug-likeness (QED) is 0.290. The maximum Gasteiger partial charge on any atom is 0.403 e. The molecule has 1 N–H and O–H groups in total. The molecule has 1 heterocycles. The Hall–Kier alpha value is -0.780. The van der Waals surface area contributed by atoms with Gasteiger partial charge in [-0.3, -0.25) is 14.7 Å². The second-order valence-electron chi connectivity index (χ2n) is 5.30. The van der Waals surface area contributed by atoms with E-state index in [0.29, 0.717) is 38.7 Å².